The van der Waals surface area contributed by atoms with Crippen LogP contribution >= 0.6 is 0 Å². The number of rotatable bonds is 2. The smallest absolute Gasteiger partial charge is 0.129 e. The maximum Gasteiger partial charge on any atom is 0.129 e. The normalized spacial score (nSPS) is 16.3. The summed E-state index contributed by atoms with van der Waals surface area (Å²) in [5.41, 5.74) is 2.42. The second-order valence-electron chi connectivity index (χ2n) is 4.70. The predicted molar refractivity (Wildman–Crippen MR) is 76.9 cm³/mol. The molecule has 0 spiro atoms. The Morgan fingerprint density at radius 2 is 1.74 bits per heavy atom. The minimum atomic E-state index is 0.907. The van der Waals surface area contributed by atoms with Crippen molar-refractivity contribution in [1.29, 1.82) is 0 Å². The molecule has 0 aromatic heterocycles. The van der Waals surface area contributed by atoms with E-state index >= 15 is 0 Å². The van der Waals surface area contributed by atoms with Crippen molar-refractivity contribution in [2.24, 2.45) is 0 Å². The number of benzene rings is 1. The zero-order valence-electron chi connectivity index (χ0n) is 11.4. The SMILES string of the molecule is COC1=c2cc3c(cc2CC=C1)=C(OC)C=CN3C. The average molecular weight is 255 g/mol. The first-order valence-electron chi connectivity index (χ1n) is 6.31. The first-order chi connectivity index (χ1) is 9.24. The van der Waals surface area contributed by atoms with E-state index in [1.807, 2.05) is 25.4 Å². The number of ether oxygens (including phenoxy) is 2. The number of anilines is 1. The Morgan fingerprint density at radius 3 is 2.47 bits per heavy atom. The van der Waals surface area contributed by atoms with Crippen LogP contribution in [0.25, 0.3) is 11.5 Å². The molecule has 3 nitrogen and oxygen atoms in total. The van der Waals surface area contributed by atoms with Gasteiger partial charge in [-0.25, -0.2) is 0 Å². The molecule has 3 heteroatoms. The molecule has 1 aromatic rings. The van der Waals surface area contributed by atoms with Crippen molar-refractivity contribution in [3.05, 3.63) is 52.6 Å². The number of methoxy groups -OCH3 is 2. The molecule has 0 saturated carbocycles. The summed E-state index contributed by atoms with van der Waals surface area (Å²) in [4.78, 5) is 2.10. The molecule has 3 rings (SSSR count). The number of nitrogens with zero attached hydrogens (tertiary/aromatic N) is 1. The third kappa shape index (κ3) is 1.82. The number of hydrogen-bond acceptors (Lipinski definition) is 3. The third-order valence-electron chi connectivity index (χ3n) is 3.63. The summed E-state index contributed by atoms with van der Waals surface area (Å²) in [6.07, 6.45) is 9.10. The monoisotopic (exact) mass is 255 g/mol. The Kier molecular flexibility index (Phi) is 2.82. The van der Waals surface area contributed by atoms with E-state index in [0.717, 1.165) is 28.8 Å². The van der Waals surface area contributed by atoms with Crippen LogP contribution in [0.4, 0.5) is 5.69 Å². The van der Waals surface area contributed by atoms with E-state index in [2.05, 4.69) is 23.1 Å². The molecule has 1 aromatic carbocycles. The molecule has 2 aliphatic rings. The highest BCUT2D eigenvalue weighted by molar-refractivity contribution is 5.68. The van der Waals surface area contributed by atoms with Gasteiger partial charge in [0.25, 0.3) is 0 Å². The van der Waals surface area contributed by atoms with Gasteiger partial charge in [-0.2, -0.15) is 0 Å². The van der Waals surface area contributed by atoms with Crippen LogP contribution in [0.5, 0.6) is 0 Å². The van der Waals surface area contributed by atoms with Gasteiger partial charge in [0.1, 0.15) is 11.5 Å². The molecule has 19 heavy (non-hydrogen) atoms. The lowest BCUT2D eigenvalue weighted by Crippen LogP contribution is -2.29. The van der Waals surface area contributed by atoms with Gasteiger partial charge in [0.2, 0.25) is 0 Å². The van der Waals surface area contributed by atoms with E-state index in [1.54, 1.807) is 14.2 Å². The Balaban J connectivity index is 2.38. The fraction of sp³-hybridized carbons (Fsp3) is 0.250. The van der Waals surface area contributed by atoms with Crippen molar-refractivity contribution >= 4 is 17.2 Å². The summed E-state index contributed by atoms with van der Waals surface area (Å²) >= 11 is 0. The van der Waals surface area contributed by atoms with Gasteiger partial charge in [-0.15, -0.1) is 0 Å². The van der Waals surface area contributed by atoms with Crippen molar-refractivity contribution in [3.8, 4) is 0 Å². The molecule has 0 fully saturated rings. The van der Waals surface area contributed by atoms with Crippen LogP contribution < -0.4 is 15.3 Å². The maximum atomic E-state index is 5.46. The average Bonchev–Trinajstić information content (AvgIpc) is 2.45. The lowest BCUT2D eigenvalue weighted by atomic mass is 9.99. The first kappa shape index (κ1) is 11.9. The van der Waals surface area contributed by atoms with E-state index in [0.29, 0.717) is 0 Å². The Hall–Kier alpha value is -2.16. The van der Waals surface area contributed by atoms with Crippen molar-refractivity contribution in [3.63, 3.8) is 0 Å². The van der Waals surface area contributed by atoms with Crippen LogP contribution in [0, 0.1) is 0 Å². The molecular weight excluding hydrogens is 238 g/mol. The molecule has 0 amide bonds. The molecule has 0 unspecified atom stereocenters. The summed E-state index contributed by atoms with van der Waals surface area (Å²) in [5, 5.41) is 2.30. The summed E-state index contributed by atoms with van der Waals surface area (Å²) in [5.74, 6) is 1.83. The summed E-state index contributed by atoms with van der Waals surface area (Å²) in [6.45, 7) is 0. The maximum absolute atomic E-state index is 5.46. The van der Waals surface area contributed by atoms with Crippen LogP contribution in [0.3, 0.4) is 0 Å². The third-order valence-corrected chi connectivity index (χ3v) is 3.63. The second-order valence-corrected chi connectivity index (χ2v) is 4.70. The van der Waals surface area contributed by atoms with Gasteiger partial charge in [0.05, 0.1) is 19.9 Å². The van der Waals surface area contributed by atoms with Gasteiger partial charge in [0.15, 0.2) is 0 Å². The minimum Gasteiger partial charge on any atom is -0.496 e. The summed E-state index contributed by atoms with van der Waals surface area (Å²) < 4.78 is 10.9. The van der Waals surface area contributed by atoms with Crippen LogP contribution in [-0.4, -0.2) is 21.3 Å². The van der Waals surface area contributed by atoms with Crippen LogP contribution in [0.15, 0.2) is 36.6 Å². The van der Waals surface area contributed by atoms with Crippen molar-refractivity contribution in [1.82, 2.24) is 0 Å². The highest BCUT2D eigenvalue weighted by Gasteiger charge is 2.14. The van der Waals surface area contributed by atoms with Gasteiger partial charge in [-0.3, -0.25) is 0 Å². The molecule has 1 aliphatic carbocycles. The van der Waals surface area contributed by atoms with E-state index < -0.39 is 0 Å². The largest absolute Gasteiger partial charge is 0.496 e. The topological polar surface area (TPSA) is 21.7 Å². The minimum absolute atomic E-state index is 0.907. The molecule has 0 radical (unpaired) electrons. The zero-order valence-corrected chi connectivity index (χ0v) is 11.4. The molecule has 1 heterocycles. The highest BCUT2D eigenvalue weighted by Crippen LogP contribution is 2.16. The van der Waals surface area contributed by atoms with E-state index in [4.69, 9.17) is 9.47 Å². The number of allylic oxidation sites excluding steroid dienone is 1. The van der Waals surface area contributed by atoms with Crippen molar-refractivity contribution in [2.45, 2.75) is 6.42 Å². The summed E-state index contributed by atoms with van der Waals surface area (Å²) in [7, 11) is 5.46. The van der Waals surface area contributed by atoms with Crippen molar-refractivity contribution < 1.29 is 9.47 Å². The Morgan fingerprint density at radius 1 is 1.00 bits per heavy atom. The number of fused-ring (bicyclic) bond motifs is 2. The van der Waals surface area contributed by atoms with Crippen LogP contribution in [-0.2, 0) is 15.9 Å². The Labute approximate surface area is 112 Å². The Bertz CT molecular complexity index is 698. The predicted octanol–water partition coefficient (Wildman–Crippen LogP) is 1.27. The molecule has 0 N–H and O–H groups in total. The molecule has 0 bridgehead atoms. The second kappa shape index (κ2) is 4.50. The molecule has 0 saturated heterocycles. The van der Waals surface area contributed by atoms with Crippen LogP contribution in [0.2, 0.25) is 0 Å². The summed E-state index contributed by atoms with van der Waals surface area (Å²) in [6, 6.07) is 4.38. The fourth-order valence-corrected chi connectivity index (χ4v) is 2.61. The quantitative estimate of drug-likeness (QED) is 0.794. The standard InChI is InChI=1S/C16H17NO2/c1-17-8-7-16(19-3)13-9-11-5-4-6-15(18-2)12(11)10-14(13)17/h4,6-10H,5H2,1-3H3. The lowest BCUT2D eigenvalue weighted by molar-refractivity contribution is 0.368. The molecular formula is C16H17NO2. The zero-order chi connectivity index (χ0) is 13.4. The molecule has 0 atom stereocenters. The van der Waals surface area contributed by atoms with Gasteiger partial charge in [-0.1, -0.05) is 6.08 Å². The van der Waals surface area contributed by atoms with Crippen molar-refractivity contribution in [2.75, 3.05) is 26.2 Å². The van der Waals surface area contributed by atoms with E-state index in [-0.39, 0.29) is 0 Å². The number of hydrogen-bond donors (Lipinski definition) is 0. The van der Waals surface area contributed by atoms with E-state index in [1.165, 1.54) is 10.8 Å². The lowest BCUT2D eigenvalue weighted by Gasteiger charge is -2.22. The van der Waals surface area contributed by atoms with Gasteiger partial charge >= 0.3 is 0 Å². The van der Waals surface area contributed by atoms with Gasteiger partial charge < -0.3 is 14.4 Å². The highest BCUT2D eigenvalue weighted by atomic mass is 16.5. The van der Waals surface area contributed by atoms with E-state index in [9.17, 15) is 0 Å². The molecule has 1 aliphatic heterocycles. The van der Waals surface area contributed by atoms with Gasteiger partial charge in [0, 0.05) is 23.7 Å². The fourth-order valence-electron chi connectivity index (χ4n) is 2.61. The van der Waals surface area contributed by atoms with Gasteiger partial charge in [-0.05, 0) is 36.3 Å². The molecule has 98 valence electrons. The first-order valence-corrected chi connectivity index (χ1v) is 6.31. The van der Waals surface area contributed by atoms with Crippen LogP contribution in [0.1, 0.15) is 5.56 Å².